The van der Waals surface area contributed by atoms with Crippen molar-refractivity contribution in [2.45, 2.75) is 31.6 Å². The molecule has 0 radical (unpaired) electrons. The molecule has 1 aromatic heterocycles. The van der Waals surface area contributed by atoms with Crippen LogP contribution in [0.1, 0.15) is 36.9 Å². The smallest absolute Gasteiger partial charge is 0.228 e. The molecule has 0 atom stereocenters. The van der Waals surface area contributed by atoms with Gasteiger partial charge in [-0.2, -0.15) is 4.98 Å². The molecule has 0 bridgehead atoms. The average molecular weight is 243 g/mol. The van der Waals surface area contributed by atoms with Gasteiger partial charge in [-0.15, -0.1) is 0 Å². The van der Waals surface area contributed by atoms with Crippen LogP contribution in [0.25, 0.3) is 0 Å². The molecule has 0 unspecified atom stereocenters. The predicted octanol–water partition coefficient (Wildman–Crippen LogP) is 2.99. The molecule has 1 fully saturated rings. The molecule has 18 heavy (non-hydrogen) atoms. The lowest BCUT2D eigenvalue weighted by atomic mass is 9.85. The lowest BCUT2D eigenvalue weighted by Crippen LogP contribution is -2.10. The Morgan fingerprint density at radius 1 is 1.22 bits per heavy atom. The highest BCUT2D eigenvalue weighted by atomic mass is 16.5. The molecule has 0 aliphatic heterocycles. The normalized spacial score (nSPS) is 15.3. The first-order chi connectivity index (χ1) is 8.92. The Morgan fingerprint density at radius 2 is 2.06 bits per heavy atom. The van der Waals surface area contributed by atoms with E-state index in [1.54, 1.807) is 0 Å². The molecule has 94 valence electrons. The zero-order chi connectivity index (χ0) is 12.2. The van der Waals surface area contributed by atoms with Crippen molar-refractivity contribution < 1.29 is 4.52 Å². The molecule has 0 amide bonds. The van der Waals surface area contributed by atoms with Crippen LogP contribution in [0.3, 0.4) is 0 Å². The summed E-state index contributed by atoms with van der Waals surface area (Å²) in [5.74, 6) is 2.18. The summed E-state index contributed by atoms with van der Waals surface area (Å²) in [7, 11) is 0. The average Bonchev–Trinajstić information content (AvgIpc) is 2.77. The lowest BCUT2D eigenvalue weighted by Gasteiger charge is -2.20. The van der Waals surface area contributed by atoms with E-state index >= 15 is 0 Å². The van der Waals surface area contributed by atoms with Crippen LogP contribution in [-0.4, -0.2) is 16.7 Å². The van der Waals surface area contributed by atoms with Gasteiger partial charge in [0.2, 0.25) is 5.89 Å². The van der Waals surface area contributed by atoms with Gasteiger partial charge in [-0.3, -0.25) is 0 Å². The highest BCUT2D eigenvalue weighted by Crippen LogP contribution is 2.34. The minimum absolute atomic E-state index is 0.546. The van der Waals surface area contributed by atoms with Gasteiger partial charge in [-0.25, -0.2) is 0 Å². The van der Waals surface area contributed by atoms with Gasteiger partial charge < -0.3 is 9.84 Å². The van der Waals surface area contributed by atoms with Gasteiger partial charge in [0.15, 0.2) is 5.82 Å². The molecular formula is C14H17N3O. The van der Waals surface area contributed by atoms with Gasteiger partial charge in [0.1, 0.15) is 0 Å². The quantitative estimate of drug-likeness (QED) is 0.877. The maximum atomic E-state index is 5.26. The molecule has 1 N–H and O–H groups in total. The van der Waals surface area contributed by atoms with Crippen LogP contribution >= 0.6 is 0 Å². The third-order valence-corrected chi connectivity index (χ3v) is 3.40. The van der Waals surface area contributed by atoms with Gasteiger partial charge >= 0.3 is 0 Å². The Morgan fingerprint density at radius 3 is 2.78 bits per heavy atom. The van der Waals surface area contributed by atoms with Crippen LogP contribution in [0.2, 0.25) is 0 Å². The number of nitrogens with zero attached hydrogens (tertiary/aromatic N) is 2. The summed E-state index contributed by atoms with van der Waals surface area (Å²) in [6, 6.07) is 10.1. The van der Waals surface area contributed by atoms with Crippen molar-refractivity contribution in [2.24, 2.45) is 0 Å². The first-order valence-corrected chi connectivity index (χ1v) is 6.53. The Hall–Kier alpha value is -1.84. The van der Waals surface area contributed by atoms with E-state index in [-0.39, 0.29) is 0 Å². The molecule has 1 saturated carbocycles. The van der Waals surface area contributed by atoms with Crippen molar-refractivity contribution in [2.75, 3.05) is 11.9 Å². The largest absolute Gasteiger partial charge is 0.385 e. The first-order valence-electron chi connectivity index (χ1n) is 6.53. The van der Waals surface area contributed by atoms with Gasteiger partial charge in [0.25, 0.3) is 0 Å². The Labute approximate surface area is 106 Å². The topological polar surface area (TPSA) is 51.0 Å². The molecule has 1 aliphatic rings. The fourth-order valence-electron chi connectivity index (χ4n) is 2.07. The summed E-state index contributed by atoms with van der Waals surface area (Å²) in [5, 5.41) is 7.38. The molecule has 0 saturated heterocycles. The number of anilines is 1. The lowest BCUT2D eigenvalue weighted by molar-refractivity contribution is 0.348. The molecule has 1 aliphatic carbocycles. The fraction of sp³-hybridized carbons (Fsp3) is 0.429. The predicted molar refractivity (Wildman–Crippen MR) is 69.5 cm³/mol. The van der Waals surface area contributed by atoms with Crippen LogP contribution in [-0.2, 0) is 6.42 Å². The zero-order valence-corrected chi connectivity index (χ0v) is 10.3. The second kappa shape index (κ2) is 5.21. The van der Waals surface area contributed by atoms with Gasteiger partial charge in [0.05, 0.1) is 0 Å². The Kier molecular flexibility index (Phi) is 3.26. The van der Waals surface area contributed by atoms with Gasteiger partial charge in [0, 0.05) is 24.6 Å². The summed E-state index contributed by atoms with van der Waals surface area (Å²) in [4.78, 5) is 4.45. The van der Waals surface area contributed by atoms with E-state index in [9.17, 15) is 0 Å². The van der Waals surface area contributed by atoms with Crippen molar-refractivity contribution >= 4 is 5.69 Å². The summed E-state index contributed by atoms with van der Waals surface area (Å²) < 4.78 is 5.26. The zero-order valence-electron chi connectivity index (χ0n) is 10.3. The number of rotatable bonds is 5. The minimum atomic E-state index is 0.546. The standard InChI is InChI=1S/C14H17N3O/c1-2-7-12(8-3-1)15-10-9-13-16-14(17-18-13)11-5-4-6-11/h1-3,7-8,11,15H,4-6,9-10H2. The van der Waals surface area contributed by atoms with Crippen molar-refractivity contribution in [3.63, 3.8) is 0 Å². The maximum absolute atomic E-state index is 5.26. The highest BCUT2D eigenvalue weighted by Gasteiger charge is 2.24. The summed E-state index contributed by atoms with van der Waals surface area (Å²) in [5.41, 5.74) is 1.12. The Bertz CT molecular complexity index is 491. The molecule has 1 heterocycles. The monoisotopic (exact) mass is 243 g/mol. The fourth-order valence-corrected chi connectivity index (χ4v) is 2.07. The van der Waals surface area contributed by atoms with Crippen LogP contribution in [0, 0.1) is 0 Å². The SMILES string of the molecule is c1ccc(NCCc2nc(C3CCC3)no2)cc1. The van der Waals surface area contributed by atoms with Gasteiger partial charge in [-0.1, -0.05) is 29.8 Å². The van der Waals surface area contributed by atoms with E-state index in [1.165, 1.54) is 19.3 Å². The van der Waals surface area contributed by atoms with Crippen LogP contribution in [0.15, 0.2) is 34.9 Å². The van der Waals surface area contributed by atoms with Crippen LogP contribution in [0.5, 0.6) is 0 Å². The second-order valence-corrected chi connectivity index (χ2v) is 4.72. The molecule has 2 aromatic rings. The number of hydrogen-bond donors (Lipinski definition) is 1. The molecule has 4 nitrogen and oxygen atoms in total. The molecule has 4 heteroatoms. The van der Waals surface area contributed by atoms with Crippen LogP contribution < -0.4 is 5.32 Å². The van der Waals surface area contributed by atoms with Crippen molar-refractivity contribution in [3.05, 3.63) is 42.0 Å². The van der Waals surface area contributed by atoms with E-state index in [0.29, 0.717) is 5.92 Å². The molecule has 0 spiro atoms. The summed E-state index contributed by atoms with van der Waals surface area (Å²) in [6.45, 7) is 0.816. The van der Waals surface area contributed by atoms with Crippen molar-refractivity contribution in [3.8, 4) is 0 Å². The van der Waals surface area contributed by atoms with E-state index in [0.717, 1.165) is 30.4 Å². The molecular weight excluding hydrogens is 226 g/mol. The maximum Gasteiger partial charge on any atom is 0.228 e. The number of benzene rings is 1. The second-order valence-electron chi connectivity index (χ2n) is 4.72. The van der Waals surface area contributed by atoms with Crippen LogP contribution in [0.4, 0.5) is 5.69 Å². The number of aromatic nitrogens is 2. The third kappa shape index (κ3) is 2.53. The third-order valence-electron chi connectivity index (χ3n) is 3.40. The van der Waals surface area contributed by atoms with E-state index in [1.807, 2.05) is 30.3 Å². The van der Waals surface area contributed by atoms with E-state index in [4.69, 9.17) is 4.52 Å². The first kappa shape index (κ1) is 11.3. The van der Waals surface area contributed by atoms with E-state index < -0.39 is 0 Å². The molecule has 1 aromatic carbocycles. The number of nitrogens with one attached hydrogen (secondary N) is 1. The number of hydrogen-bond acceptors (Lipinski definition) is 4. The minimum Gasteiger partial charge on any atom is -0.385 e. The number of para-hydroxylation sites is 1. The summed E-state index contributed by atoms with van der Waals surface area (Å²) in [6.07, 6.45) is 4.49. The molecule has 3 rings (SSSR count). The Balaban J connectivity index is 1.49. The van der Waals surface area contributed by atoms with Gasteiger partial charge in [-0.05, 0) is 25.0 Å². The highest BCUT2D eigenvalue weighted by molar-refractivity contribution is 5.42. The summed E-state index contributed by atoms with van der Waals surface area (Å²) >= 11 is 0. The van der Waals surface area contributed by atoms with Crippen molar-refractivity contribution in [1.82, 2.24) is 10.1 Å². The van der Waals surface area contributed by atoms with Crippen molar-refractivity contribution in [1.29, 1.82) is 0 Å². The van der Waals surface area contributed by atoms with E-state index in [2.05, 4.69) is 15.5 Å².